The summed E-state index contributed by atoms with van der Waals surface area (Å²) in [7, 11) is 0. The normalized spacial score (nSPS) is 18.6. The Morgan fingerprint density at radius 3 is 2.45 bits per heavy atom. The van der Waals surface area contributed by atoms with Crippen LogP contribution in [-0.2, 0) is 37.6 Å². The number of anilines is 3. The van der Waals surface area contributed by atoms with Crippen molar-refractivity contribution in [3.05, 3.63) is 142 Å². The van der Waals surface area contributed by atoms with Crippen LogP contribution >= 0.6 is 0 Å². The van der Waals surface area contributed by atoms with E-state index >= 15 is 0 Å². The van der Waals surface area contributed by atoms with Crippen molar-refractivity contribution in [2.75, 3.05) is 4.90 Å². The third kappa shape index (κ3) is 4.66. The maximum Gasteiger partial charge on any atom is 2.00 e. The summed E-state index contributed by atoms with van der Waals surface area (Å²) in [5.41, 5.74) is 9.68. The van der Waals surface area contributed by atoms with Gasteiger partial charge in [-0.15, -0.1) is 29.8 Å². The molecule has 0 amide bonds. The molecule has 2 aliphatic heterocycles. The Morgan fingerprint density at radius 1 is 0.864 bits per heavy atom. The molecule has 5 nitrogen and oxygen atoms in total. The number of para-hydroxylation sites is 1. The van der Waals surface area contributed by atoms with E-state index in [1.54, 1.807) is 0 Å². The number of aromatic nitrogens is 1. The quantitative estimate of drug-likeness (QED) is 0.173. The maximum absolute atomic E-state index is 6.47. The van der Waals surface area contributed by atoms with Crippen molar-refractivity contribution in [2.45, 2.75) is 51.7 Å². The molecule has 3 heterocycles. The molecule has 2 atom stereocenters. The van der Waals surface area contributed by atoms with Gasteiger partial charge in [0.1, 0.15) is 17.8 Å². The molecule has 3 aliphatic rings. The molecule has 220 valence electrons. The monoisotopic (exact) mass is 756 g/mol. The van der Waals surface area contributed by atoms with Crippen LogP contribution in [0.5, 0.6) is 11.5 Å². The molecule has 0 unspecified atom stereocenters. The third-order valence-corrected chi connectivity index (χ3v) is 8.81. The number of fused-ring (bicyclic) bond motifs is 5. The standard InChI is InChI=1S/C38H31N3O2.Pt/c1-23-16-26(37-40-33-21-25-10-5-6-11-30(25)35(33)43-37)20-28(18-23)42-29-19-24(2)17-27(22-29)41-34-14-8-7-12-31(34)38(3,4)32-13-9-15-39-36(32)41;/h5-19,33,35H,21H2,1-4H3;/q-2;+2/t33-,35+;/m1./s1. The molecule has 5 aromatic rings. The topological polar surface area (TPSA) is 47.0 Å². The molecule has 0 bridgehead atoms. The van der Waals surface area contributed by atoms with Crippen molar-refractivity contribution < 1.29 is 30.5 Å². The zero-order chi connectivity index (χ0) is 29.3. The van der Waals surface area contributed by atoms with Crippen molar-refractivity contribution in [1.82, 2.24) is 4.98 Å². The summed E-state index contributed by atoms with van der Waals surface area (Å²) >= 11 is 0. The molecule has 44 heavy (non-hydrogen) atoms. The van der Waals surface area contributed by atoms with Crippen LogP contribution in [0, 0.1) is 26.0 Å². The first kappa shape index (κ1) is 28.6. The van der Waals surface area contributed by atoms with Gasteiger partial charge in [-0.2, -0.15) is 5.56 Å². The number of aliphatic imine (C=N–C) groups is 1. The number of hydrogen-bond donors (Lipinski definition) is 0. The fourth-order valence-corrected chi connectivity index (χ4v) is 6.80. The van der Waals surface area contributed by atoms with Gasteiger partial charge >= 0.3 is 21.1 Å². The Balaban J connectivity index is 0.00000312. The summed E-state index contributed by atoms with van der Waals surface area (Å²) in [6.45, 7) is 8.64. The SMILES string of the molecule is Cc1cc(Oc2[c-]c(N3c4ccccc4C(C)(C)c4cccnc43)cc(C)c2)[c-]c(C2=N[C@@H]3Cc4ccccc4[C@@H]3O2)c1.[Pt+2]. The molecule has 0 radical (unpaired) electrons. The zero-order valence-electron chi connectivity index (χ0n) is 25.0. The minimum absolute atomic E-state index is 0. The zero-order valence-corrected chi connectivity index (χ0v) is 27.3. The average molecular weight is 757 g/mol. The van der Waals surface area contributed by atoms with Crippen LogP contribution in [0.2, 0.25) is 0 Å². The number of ether oxygens (including phenoxy) is 2. The van der Waals surface area contributed by atoms with Gasteiger partial charge in [0.15, 0.2) is 0 Å². The summed E-state index contributed by atoms with van der Waals surface area (Å²) in [5.74, 6) is 2.75. The second-order valence-electron chi connectivity index (χ2n) is 12.2. The number of pyridine rings is 1. The first-order chi connectivity index (χ1) is 20.8. The van der Waals surface area contributed by atoms with Crippen LogP contribution in [0.3, 0.4) is 0 Å². The second-order valence-corrected chi connectivity index (χ2v) is 12.2. The molecule has 0 fully saturated rings. The first-order valence-corrected chi connectivity index (χ1v) is 14.8. The Hall–Kier alpha value is -4.21. The number of aryl methyl sites for hydroxylation is 2. The van der Waals surface area contributed by atoms with E-state index in [-0.39, 0.29) is 38.6 Å². The minimum atomic E-state index is -0.182. The number of nitrogens with zero attached hydrogens (tertiary/aromatic N) is 3. The van der Waals surface area contributed by atoms with Crippen molar-refractivity contribution in [2.24, 2.45) is 4.99 Å². The van der Waals surface area contributed by atoms with E-state index in [1.165, 1.54) is 22.3 Å². The fourth-order valence-electron chi connectivity index (χ4n) is 6.80. The van der Waals surface area contributed by atoms with Crippen LogP contribution in [0.1, 0.15) is 58.9 Å². The third-order valence-electron chi connectivity index (χ3n) is 8.81. The van der Waals surface area contributed by atoms with E-state index in [9.17, 15) is 0 Å². The molecular weight excluding hydrogens is 726 g/mol. The molecule has 4 aromatic carbocycles. The van der Waals surface area contributed by atoms with Gasteiger partial charge < -0.3 is 14.4 Å². The minimum Gasteiger partial charge on any atom is -0.510 e. The molecule has 0 saturated heterocycles. The summed E-state index contributed by atoms with van der Waals surface area (Å²) < 4.78 is 12.9. The number of rotatable bonds is 4. The molecule has 6 heteroatoms. The summed E-state index contributed by atoms with van der Waals surface area (Å²) in [6, 6.07) is 36.4. The number of hydrogen-bond acceptors (Lipinski definition) is 5. The maximum atomic E-state index is 6.47. The Labute approximate surface area is 272 Å². The van der Waals surface area contributed by atoms with E-state index < -0.39 is 0 Å². The molecule has 0 spiro atoms. The van der Waals surface area contributed by atoms with Gasteiger partial charge in [0.25, 0.3) is 0 Å². The van der Waals surface area contributed by atoms with Gasteiger partial charge in [0, 0.05) is 34.4 Å². The first-order valence-electron chi connectivity index (χ1n) is 14.8. The van der Waals surface area contributed by atoms with Crippen LogP contribution in [0.4, 0.5) is 17.2 Å². The van der Waals surface area contributed by atoms with E-state index in [2.05, 4.69) is 111 Å². The Bertz CT molecular complexity index is 1900. The van der Waals surface area contributed by atoms with Crippen LogP contribution in [0.15, 0.2) is 96.1 Å². The molecular formula is C38H31N3O2Pt. The smallest absolute Gasteiger partial charge is 0.510 e. The van der Waals surface area contributed by atoms with Crippen molar-refractivity contribution in [1.29, 1.82) is 0 Å². The fraction of sp³-hybridized carbons (Fsp3) is 0.211. The van der Waals surface area contributed by atoms with Crippen molar-refractivity contribution in [3.8, 4) is 11.5 Å². The van der Waals surface area contributed by atoms with E-state index in [0.29, 0.717) is 17.4 Å². The molecule has 1 aromatic heterocycles. The predicted molar refractivity (Wildman–Crippen MR) is 169 cm³/mol. The van der Waals surface area contributed by atoms with Gasteiger partial charge in [-0.05, 0) is 35.2 Å². The predicted octanol–water partition coefficient (Wildman–Crippen LogP) is 8.64. The molecule has 0 saturated carbocycles. The number of benzene rings is 4. The van der Waals surface area contributed by atoms with Gasteiger partial charge in [-0.25, -0.2) is 4.98 Å². The Morgan fingerprint density at radius 2 is 1.59 bits per heavy atom. The Kier molecular flexibility index (Phi) is 6.97. The largest absolute Gasteiger partial charge is 2.00 e. The van der Waals surface area contributed by atoms with Gasteiger partial charge in [0.2, 0.25) is 0 Å². The van der Waals surface area contributed by atoms with E-state index in [1.807, 2.05) is 24.4 Å². The van der Waals surface area contributed by atoms with Gasteiger partial charge in [-0.1, -0.05) is 99.6 Å². The van der Waals surface area contributed by atoms with E-state index in [4.69, 9.17) is 19.5 Å². The second kappa shape index (κ2) is 10.7. The molecule has 1 aliphatic carbocycles. The van der Waals surface area contributed by atoms with Crippen molar-refractivity contribution in [3.63, 3.8) is 0 Å². The molecule has 8 rings (SSSR count). The average Bonchev–Trinajstić information content (AvgIpc) is 3.56. The molecule has 0 N–H and O–H groups in total. The van der Waals surface area contributed by atoms with E-state index in [0.717, 1.165) is 40.3 Å². The van der Waals surface area contributed by atoms with Crippen LogP contribution < -0.4 is 9.64 Å². The summed E-state index contributed by atoms with van der Waals surface area (Å²) in [6.07, 6.45) is 2.72. The van der Waals surface area contributed by atoms with Gasteiger partial charge in [0.05, 0.1) is 6.04 Å². The van der Waals surface area contributed by atoms with Crippen LogP contribution in [-0.4, -0.2) is 16.9 Å². The van der Waals surface area contributed by atoms with Crippen LogP contribution in [0.25, 0.3) is 0 Å². The summed E-state index contributed by atoms with van der Waals surface area (Å²) in [5, 5.41) is 0. The van der Waals surface area contributed by atoms with Crippen molar-refractivity contribution >= 4 is 23.1 Å². The summed E-state index contributed by atoms with van der Waals surface area (Å²) in [4.78, 5) is 12.0. The van der Waals surface area contributed by atoms with Gasteiger partial charge in [-0.3, -0.25) is 4.99 Å².